The first-order valence-corrected chi connectivity index (χ1v) is 10.5. The zero-order chi connectivity index (χ0) is 18.6. The molecule has 4 rings (SSSR count). The predicted molar refractivity (Wildman–Crippen MR) is 108 cm³/mol. The third-order valence-electron chi connectivity index (χ3n) is 5.15. The first-order valence-electron chi connectivity index (χ1n) is 9.58. The van der Waals surface area contributed by atoms with E-state index in [4.69, 9.17) is 0 Å². The fourth-order valence-corrected chi connectivity index (χ4v) is 4.29. The Kier molecular flexibility index (Phi) is 5.54. The van der Waals surface area contributed by atoms with Crippen LogP contribution in [0.1, 0.15) is 23.5 Å². The predicted octanol–water partition coefficient (Wildman–Crippen LogP) is 2.80. The highest BCUT2D eigenvalue weighted by molar-refractivity contribution is 7.09. The Bertz CT molecular complexity index is 780. The summed E-state index contributed by atoms with van der Waals surface area (Å²) < 4.78 is 0. The Hall–Kier alpha value is -2.19. The van der Waals surface area contributed by atoms with Crippen molar-refractivity contribution in [2.24, 2.45) is 0 Å². The van der Waals surface area contributed by atoms with Gasteiger partial charge in [0.25, 0.3) is 0 Å². The first kappa shape index (κ1) is 18.2. The lowest BCUT2D eigenvalue weighted by molar-refractivity contribution is 0.142. The number of anilines is 2. The molecule has 0 atom stereocenters. The fourth-order valence-electron chi connectivity index (χ4n) is 3.69. The van der Waals surface area contributed by atoms with Crippen LogP contribution in [-0.2, 0) is 6.54 Å². The molecule has 2 aromatic heterocycles. The highest BCUT2D eigenvalue weighted by atomic mass is 32.1. The van der Waals surface area contributed by atoms with Crippen molar-refractivity contribution in [3.63, 3.8) is 0 Å². The van der Waals surface area contributed by atoms with Gasteiger partial charge in [-0.15, -0.1) is 11.3 Å². The lowest BCUT2D eigenvalue weighted by atomic mass is 10.3. The standard InChI is InChI=1S/C19H26N6OS/c1-15-21-16(14-27-15)13-23-9-11-25(12-10-23)19(26)22-17-5-4-6-20-18(17)24-7-2-3-8-24/h4-6,14H,2-3,7-13H2,1H3,(H,22,26). The highest BCUT2D eigenvalue weighted by Gasteiger charge is 2.23. The summed E-state index contributed by atoms with van der Waals surface area (Å²) in [5.74, 6) is 0.890. The summed E-state index contributed by atoms with van der Waals surface area (Å²) in [7, 11) is 0. The molecule has 0 saturated carbocycles. The van der Waals surface area contributed by atoms with Crippen LogP contribution in [0.3, 0.4) is 0 Å². The number of urea groups is 1. The van der Waals surface area contributed by atoms with E-state index in [1.807, 2.05) is 24.0 Å². The molecule has 0 bridgehead atoms. The number of nitrogens with zero attached hydrogens (tertiary/aromatic N) is 5. The fraction of sp³-hybridized carbons (Fsp3) is 0.526. The number of hydrogen-bond acceptors (Lipinski definition) is 6. The van der Waals surface area contributed by atoms with E-state index in [-0.39, 0.29) is 6.03 Å². The Balaban J connectivity index is 1.32. The Labute approximate surface area is 164 Å². The van der Waals surface area contributed by atoms with Crippen LogP contribution < -0.4 is 10.2 Å². The van der Waals surface area contributed by atoms with Crippen LogP contribution in [0.2, 0.25) is 0 Å². The molecule has 7 nitrogen and oxygen atoms in total. The van der Waals surface area contributed by atoms with Crippen molar-refractivity contribution in [1.29, 1.82) is 0 Å². The number of pyridine rings is 1. The number of piperazine rings is 1. The molecule has 144 valence electrons. The van der Waals surface area contributed by atoms with Gasteiger partial charge in [-0.25, -0.2) is 14.8 Å². The molecule has 2 aromatic rings. The summed E-state index contributed by atoms with van der Waals surface area (Å²) in [6.07, 6.45) is 4.16. The van der Waals surface area contributed by atoms with Gasteiger partial charge in [0, 0.05) is 57.4 Å². The number of thiazole rings is 1. The minimum atomic E-state index is -0.0346. The SMILES string of the molecule is Cc1nc(CN2CCN(C(=O)Nc3cccnc3N3CCCC3)CC2)cs1. The summed E-state index contributed by atoms with van der Waals surface area (Å²) in [6, 6.07) is 3.79. The zero-order valence-corrected chi connectivity index (χ0v) is 16.5. The summed E-state index contributed by atoms with van der Waals surface area (Å²) >= 11 is 1.69. The maximum absolute atomic E-state index is 12.7. The molecule has 2 amide bonds. The van der Waals surface area contributed by atoms with Gasteiger partial charge in [-0.05, 0) is 31.9 Å². The number of aromatic nitrogens is 2. The van der Waals surface area contributed by atoms with Gasteiger partial charge >= 0.3 is 6.03 Å². The average molecular weight is 387 g/mol. The van der Waals surface area contributed by atoms with Crippen molar-refractivity contribution < 1.29 is 4.79 Å². The normalized spacial score (nSPS) is 18.1. The van der Waals surface area contributed by atoms with E-state index < -0.39 is 0 Å². The van der Waals surface area contributed by atoms with Gasteiger partial charge in [0.15, 0.2) is 5.82 Å². The van der Waals surface area contributed by atoms with E-state index in [1.54, 1.807) is 17.5 Å². The molecule has 27 heavy (non-hydrogen) atoms. The van der Waals surface area contributed by atoms with Crippen LogP contribution >= 0.6 is 11.3 Å². The number of hydrogen-bond donors (Lipinski definition) is 1. The summed E-state index contributed by atoms with van der Waals surface area (Å²) in [6.45, 7) is 8.12. The monoisotopic (exact) mass is 386 g/mol. The minimum absolute atomic E-state index is 0.0346. The molecular formula is C19H26N6OS. The van der Waals surface area contributed by atoms with Crippen molar-refractivity contribution in [3.8, 4) is 0 Å². The zero-order valence-electron chi connectivity index (χ0n) is 15.7. The number of carbonyl (C=O) groups excluding carboxylic acids is 1. The van der Waals surface area contributed by atoms with E-state index in [0.717, 1.165) is 68.0 Å². The molecule has 0 aromatic carbocycles. The van der Waals surface area contributed by atoms with Crippen molar-refractivity contribution >= 4 is 28.9 Å². The summed E-state index contributed by atoms with van der Waals surface area (Å²) in [5.41, 5.74) is 1.94. The minimum Gasteiger partial charge on any atom is -0.355 e. The molecule has 2 saturated heterocycles. The van der Waals surface area contributed by atoms with Crippen LogP contribution in [0, 0.1) is 6.92 Å². The van der Waals surface area contributed by atoms with Crippen LogP contribution in [0.25, 0.3) is 0 Å². The second-order valence-electron chi connectivity index (χ2n) is 7.12. The van der Waals surface area contributed by atoms with Crippen LogP contribution in [0.4, 0.5) is 16.3 Å². The lowest BCUT2D eigenvalue weighted by Gasteiger charge is -2.34. The second kappa shape index (κ2) is 8.22. The third-order valence-corrected chi connectivity index (χ3v) is 5.97. The van der Waals surface area contributed by atoms with E-state index >= 15 is 0 Å². The average Bonchev–Trinajstić information content (AvgIpc) is 3.35. The summed E-state index contributed by atoms with van der Waals surface area (Å²) in [5, 5.41) is 6.31. The number of aryl methyl sites for hydroxylation is 1. The largest absolute Gasteiger partial charge is 0.355 e. The molecule has 8 heteroatoms. The van der Waals surface area contributed by atoms with Gasteiger partial charge in [0.05, 0.1) is 16.4 Å². The highest BCUT2D eigenvalue weighted by Crippen LogP contribution is 2.26. The molecule has 0 spiro atoms. The Morgan fingerprint density at radius 1 is 1.19 bits per heavy atom. The van der Waals surface area contributed by atoms with Crippen molar-refractivity contribution in [3.05, 3.63) is 34.4 Å². The number of nitrogens with one attached hydrogen (secondary N) is 1. The maximum atomic E-state index is 12.7. The molecule has 2 fully saturated rings. The summed E-state index contributed by atoms with van der Waals surface area (Å²) in [4.78, 5) is 28.3. The Morgan fingerprint density at radius 2 is 1.96 bits per heavy atom. The lowest BCUT2D eigenvalue weighted by Crippen LogP contribution is -2.49. The van der Waals surface area contributed by atoms with E-state index in [0.29, 0.717) is 0 Å². The Morgan fingerprint density at radius 3 is 2.67 bits per heavy atom. The van der Waals surface area contributed by atoms with Gasteiger partial charge in [0.2, 0.25) is 0 Å². The first-order chi connectivity index (χ1) is 13.2. The smallest absolute Gasteiger partial charge is 0.322 e. The number of carbonyl (C=O) groups is 1. The van der Waals surface area contributed by atoms with Gasteiger partial charge in [-0.2, -0.15) is 0 Å². The van der Waals surface area contributed by atoms with E-state index in [1.165, 1.54) is 12.8 Å². The van der Waals surface area contributed by atoms with Crippen molar-refractivity contribution in [1.82, 2.24) is 19.8 Å². The van der Waals surface area contributed by atoms with Crippen molar-refractivity contribution in [2.45, 2.75) is 26.3 Å². The third kappa shape index (κ3) is 4.39. The molecule has 2 aliphatic rings. The van der Waals surface area contributed by atoms with Gasteiger partial charge in [0.1, 0.15) is 0 Å². The van der Waals surface area contributed by atoms with E-state index in [2.05, 4.69) is 30.5 Å². The van der Waals surface area contributed by atoms with Crippen LogP contribution in [0.15, 0.2) is 23.7 Å². The van der Waals surface area contributed by atoms with Gasteiger partial charge in [-0.1, -0.05) is 0 Å². The maximum Gasteiger partial charge on any atom is 0.322 e. The van der Waals surface area contributed by atoms with Crippen LogP contribution in [-0.4, -0.2) is 65.1 Å². The molecule has 1 N–H and O–H groups in total. The molecule has 4 heterocycles. The number of amides is 2. The number of rotatable bonds is 4. The molecule has 0 radical (unpaired) electrons. The van der Waals surface area contributed by atoms with Crippen molar-refractivity contribution in [2.75, 3.05) is 49.5 Å². The molecule has 2 aliphatic heterocycles. The van der Waals surface area contributed by atoms with E-state index in [9.17, 15) is 4.79 Å². The topological polar surface area (TPSA) is 64.6 Å². The molecular weight excluding hydrogens is 360 g/mol. The van der Waals surface area contributed by atoms with Gasteiger partial charge in [-0.3, -0.25) is 4.90 Å². The molecule has 0 unspecified atom stereocenters. The molecule has 0 aliphatic carbocycles. The van der Waals surface area contributed by atoms with Gasteiger partial charge < -0.3 is 15.1 Å². The quantitative estimate of drug-likeness (QED) is 0.875. The second-order valence-corrected chi connectivity index (χ2v) is 8.18. The van der Waals surface area contributed by atoms with Crippen LogP contribution in [0.5, 0.6) is 0 Å².